The number of carbonyl (C=O) groups is 1. The van der Waals surface area contributed by atoms with Gasteiger partial charge in [0.2, 0.25) is 0 Å². The Kier molecular flexibility index (Phi) is 6.85. The molecule has 0 aromatic carbocycles. The number of carboxylic acids is 1. The number of pyridine rings is 1. The van der Waals surface area contributed by atoms with Gasteiger partial charge < -0.3 is 19.6 Å². The van der Waals surface area contributed by atoms with Gasteiger partial charge in [0, 0.05) is 32.1 Å². The number of ether oxygens (including phenoxy) is 1. The normalized spacial score (nSPS) is 22.5. The van der Waals surface area contributed by atoms with Gasteiger partial charge in [0.25, 0.3) is 0 Å². The molecule has 1 atom stereocenters. The highest BCUT2D eigenvalue weighted by molar-refractivity contribution is 5.73. The van der Waals surface area contributed by atoms with E-state index in [1.165, 1.54) is 44.5 Å². The van der Waals surface area contributed by atoms with Crippen molar-refractivity contribution in [1.82, 2.24) is 19.5 Å². The number of fused-ring (bicyclic) bond motifs is 1. The summed E-state index contributed by atoms with van der Waals surface area (Å²) in [7, 11) is 0. The highest BCUT2D eigenvalue weighted by atomic mass is 19.4. The largest absolute Gasteiger partial charge is 0.490 e. The molecule has 1 saturated carbocycles. The summed E-state index contributed by atoms with van der Waals surface area (Å²) in [5.74, 6) is -0.282. The molecule has 4 heterocycles. The first kappa shape index (κ1) is 22.8. The van der Waals surface area contributed by atoms with Crippen LogP contribution in [0, 0.1) is 5.92 Å². The number of hydrogen-bond acceptors (Lipinski definition) is 6. The quantitative estimate of drug-likeness (QED) is 0.759. The van der Waals surface area contributed by atoms with Crippen LogP contribution >= 0.6 is 0 Å². The van der Waals surface area contributed by atoms with Crippen molar-refractivity contribution in [1.29, 1.82) is 0 Å². The van der Waals surface area contributed by atoms with Crippen LogP contribution in [0.5, 0.6) is 0 Å². The van der Waals surface area contributed by atoms with Gasteiger partial charge in [-0.2, -0.15) is 18.3 Å². The van der Waals surface area contributed by atoms with Crippen molar-refractivity contribution in [2.45, 2.75) is 37.8 Å². The summed E-state index contributed by atoms with van der Waals surface area (Å²) in [6.07, 6.45) is 2.39. The number of nitrogens with zero attached hydrogens (tertiary/aromatic N) is 5. The maximum absolute atomic E-state index is 10.6. The molecule has 0 bridgehead atoms. The van der Waals surface area contributed by atoms with Crippen LogP contribution in [0.3, 0.4) is 0 Å². The number of rotatable bonds is 4. The summed E-state index contributed by atoms with van der Waals surface area (Å²) in [6, 6.07) is 4.27. The van der Waals surface area contributed by atoms with Crippen molar-refractivity contribution in [3.05, 3.63) is 24.2 Å². The average Bonchev–Trinajstić information content (AvgIpc) is 3.48. The Balaban J connectivity index is 0.000000307. The average molecular weight is 455 g/mol. The molecule has 3 aliphatic rings. The second-order valence-electron chi connectivity index (χ2n) is 8.60. The van der Waals surface area contributed by atoms with Crippen molar-refractivity contribution in [2.24, 2.45) is 5.92 Å². The van der Waals surface area contributed by atoms with Crippen molar-refractivity contribution >= 4 is 17.3 Å². The van der Waals surface area contributed by atoms with Crippen LogP contribution in [0.4, 0.5) is 18.9 Å². The molecule has 5 rings (SSSR count). The maximum Gasteiger partial charge on any atom is 0.490 e. The van der Waals surface area contributed by atoms with Gasteiger partial charge in [-0.1, -0.05) is 0 Å². The maximum atomic E-state index is 10.6. The smallest absolute Gasteiger partial charge is 0.475 e. The summed E-state index contributed by atoms with van der Waals surface area (Å²) in [5.41, 5.74) is 2.18. The van der Waals surface area contributed by atoms with Gasteiger partial charge in [-0.15, -0.1) is 0 Å². The lowest BCUT2D eigenvalue weighted by Gasteiger charge is -2.31. The first-order chi connectivity index (χ1) is 15.3. The molecule has 0 radical (unpaired) electrons. The fourth-order valence-corrected chi connectivity index (χ4v) is 4.17. The van der Waals surface area contributed by atoms with E-state index in [1.807, 2.05) is 4.52 Å². The molecule has 32 heavy (non-hydrogen) atoms. The van der Waals surface area contributed by atoms with Crippen LogP contribution < -0.4 is 4.90 Å². The van der Waals surface area contributed by atoms with Gasteiger partial charge >= 0.3 is 12.1 Å². The first-order valence-electron chi connectivity index (χ1n) is 11.0. The minimum atomic E-state index is -5.08. The zero-order chi connectivity index (χ0) is 22.7. The second kappa shape index (κ2) is 9.62. The van der Waals surface area contributed by atoms with E-state index >= 15 is 0 Å². The lowest BCUT2D eigenvalue weighted by molar-refractivity contribution is -0.192. The third kappa shape index (κ3) is 5.89. The van der Waals surface area contributed by atoms with Gasteiger partial charge in [0.15, 0.2) is 11.5 Å². The third-order valence-electron chi connectivity index (χ3n) is 6.03. The van der Waals surface area contributed by atoms with Crippen LogP contribution in [0.2, 0.25) is 0 Å². The van der Waals surface area contributed by atoms with Gasteiger partial charge in [-0.05, 0) is 50.3 Å². The van der Waals surface area contributed by atoms with E-state index in [0.29, 0.717) is 5.92 Å². The lowest BCUT2D eigenvalue weighted by atomic mass is 9.97. The molecular formula is C21H28F3N5O3. The lowest BCUT2D eigenvalue weighted by Crippen LogP contribution is -2.36. The SMILES string of the molecule is O=C(O)C(F)(F)F.c1cc2nc(C3CCCN(CC4CC4)C3)nn2cc1N1CCOCC1. The van der Waals surface area contributed by atoms with E-state index in [2.05, 4.69) is 28.1 Å². The van der Waals surface area contributed by atoms with Crippen molar-refractivity contribution in [2.75, 3.05) is 50.8 Å². The van der Waals surface area contributed by atoms with E-state index in [4.69, 9.17) is 24.7 Å². The predicted molar refractivity (Wildman–Crippen MR) is 111 cm³/mol. The van der Waals surface area contributed by atoms with Crippen molar-refractivity contribution in [3.8, 4) is 0 Å². The number of aliphatic carboxylic acids is 1. The summed E-state index contributed by atoms with van der Waals surface area (Å²) in [4.78, 5) is 18.7. The van der Waals surface area contributed by atoms with Crippen LogP contribution in [0.1, 0.15) is 37.4 Å². The van der Waals surface area contributed by atoms with E-state index in [9.17, 15) is 13.2 Å². The molecule has 11 heteroatoms. The molecule has 2 aromatic rings. The molecule has 2 aliphatic heterocycles. The number of piperidine rings is 1. The summed E-state index contributed by atoms with van der Waals surface area (Å²) < 4.78 is 39.2. The van der Waals surface area contributed by atoms with Gasteiger partial charge in [0.05, 0.1) is 25.1 Å². The van der Waals surface area contributed by atoms with Gasteiger partial charge in [0.1, 0.15) is 0 Å². The number of carboxylic acid groups (broad SMARTS) is 1. The second-order valence-corrected chi connectivity index (χ2v) is 8.60. The standard InChI is InChI=1S/C19H27N5O.C2HF3O2/c1-2-16(13-22(7-1)12-15-3-4-15)19-20-18-6-5-17(14-24(18)21-19)23-8-10-25-11-9-23;3-2(4,5)1(6)7/h5-6,14-16H,1-4,7-13H2;(H,6,7). The Labute approximate surface area is 184 Å². The summed E-state index contributed by atoms with van der Waals surface area (Å²) in [6.45, 7) is 7.17. The highest BCUT2D eigenvalue weighted by Gasteiger charge is 2.38. The Bertz CT molecular complexity index is 925. The van der Waals surface area contributed by atoms with E-state index < -0.39 is 12.1 Å². The number of likely N-dealkylation sites (tertiary alicyclic amines) is 1. The molecule has 176 valence electrons. The topological polar surface area (TPSA) is 83.2 Å². The molecule has 8 nitrogen and oxygen atoms in total. The summed E-state index contributed by atoms with van der Waals surface area (Å²) in [5, 5.41) is 12.0. The third-order valence-corrected chi connectivity index (χ3v) is 6.03. The molecule has 1 unspecified atom stereocenters. The predicted octanol–water partition coefficient (Wildman–Crippen LogP) is 2.79. The van der Waals surface area contributed by atoms with E-state index in [1.54, 1.807) is 0 Å². The Morgan fingerprint density at radius 1 is 1.16 bits per heavy atom. The molecule has 2 saturated heterocycles. The fraction of sp³-hybridized carbons (Fsp3) is 0.667. The zero-order valence-electron chi connectivity index (χ0n) is 17.8. The number of morpholine rings is 1. The minimum Gasteiger partial charge on any atom is -0.475 e. The Hall–Kier alpha value is -2.40. The van der Waals surface area contributed by atoms with Crippen molar-refractivity contribution < 1.29 is 27.8 Å². The number of alkyl halides is 3. The minimum absolute atomic E-state index is 0.485. The highest BCUT2D eigenvalue weighted by Crippen LogP contribution is 2.33. The number of aromatic nitrogens is 3. The summed E-state index contributed by atoms with van der Waals surface area (Å²) >= 11 is 0. The van der Waals surface area contributed by atoms with Crippen LogP contribution in [-0.2, 0) is 9.53 Å². The molecule has 2 aromatic heterocycles. The monoisotopic (exact) mass is 455 g/mol. The molecule has 1 N–H and O–H groups in total. The first-order valence-corrected chi connectivity index (χ1v) is 11.0. The van der Waals surface area contributed by atoms with Crippen LogP contribution in [-0.4, -0.2) is 82.7 Å². The molecular weight excluding hydrogens is 427 g/mol. The van der Waals surface area contributed by atoms with Gasteiger partial charge in [-0.3, -0.25) is 0 Å². The van der Waals surface area contributed by atoms with E-state index in [0.717, 1.165) is 50.2 Å². The number of halogens is 3. The van der Waals surface area contributed by atoms with Gasteiger partial charge in [-0.25, -0.2) is 14.3 Å². The van der Waals surface area contributed by atoms with Crippen molar-refractivity contribution in [3.63, 3.8) is 0 Å². The fourth-order valence-electron chi connectivity index (χ4n) is 4.17. The van der Waals surface area contributed by atoms with E-state index in [-0.39, 0.29) is 0 Å². The molecule has 3 fully saturated rings. The molecule has 0 spiro atoms. The number of hydrogen-bond donors (Lipinski definition) is 1. The van der Waals surface area contributed by atoms with Crippen LogP contribution in [0.25, 0.3) is 5.65 Å². The van der Waals surface area contributed by atoms with Crippen LogP contribution in [0.15, 0.2) is 18.3 Å². The Morgan fingerprint density at radius 3 is 2.53 bits per heavy atom. The zero-order valence-corrected chi connectivity index (χ0v) is 17.8. The number of anilines is 1. The molecule has 1 aliphatic carbocycles. The Morgan fingerprint density at radius 2 is 1.88 bits per heavy atom. The molecule has 0 amide bonds.